The Kier molecular flexibility index (Phi) is 4.37. The molecule has 0 atom stereocenters. The maximum absolute atomic E-state index is 12.6. The van der Waals surface area contributed by atoms with Crippen molar-refractivity contribution in [1.29, 1.82) is 0 Å². The number of aliphatic hydroxyl groups is 1. The van der Waals surface area contributed by atoms with E-state index in [0.717, 1.165) is 17.1 Å². The Morgan fingerprint density at radius 1 is 1.35 bits per heavy atom. The second-order valence-corrected chi connectivity index (χ2v) is 5.87. The monoisotopic (exact) mass is 350 g/mol. The summed E-state index contributed by atoms with van der Waals surface area (Å²) in [6.07, 6.45) is 4.74. The molecule has 0 amide bonds. The number of aliphatic hydroxyl groups excluding tert-OH is 1. The van der Waals surface area contributed by atoms with Gasteiger partial charge in [0.25, 0.3) is 0 Å². The summed E-state index contributed by atoms with van der Waals surface area (Å²) < 4.78 is 5.63. The third-order valence-electron chi connectivity index (χ3n) is 4.21. The highest BCUT2D eigenvalue weighted by Crippen LogP contribution is 2.36. The van der Waals surface area contributed by atoms with Crippen LogP contribution in [0.5, 0.6) is 5.75 Å². The van der Waals surface area contributed by atoms with Gasteiger partial charge in [0, 0.05) is 36.1 Å². The highest BCUT2D eigenvalue weighted by molar-refractivity contribution is 6.11. The van der Waals surface area contributed by atoms with Crippen molar-refractivity contribution in [2.24, 2.45) is 4.99 Å². The number of fused-ring (bicyclic) bond motifs is 3. The molecule has 1 aromatic heterocycles. The number of ether oxygens (including phenoxy) is 1. The maximum atomic E-state index is 12.6. The van der Waals surface area contributed by atoms with Crippen LogP contribution in [-0.4, -0.2) is 52.9 Å². The first-order chi connectivity index (χ1) is 12.8. The fourth-order valence-corrected chi connectivity index (χ4v) is 3.06. The van der Waals surface area contributed by atoms with Gasteiger partial charge in [-0.15, -0.1) is 0 Å². The van der Waals surface area contributed by atoms with Crippen molar-refractivity contribution in [3.8, 4) is 5.75 Å². The molecule has 1 aromatic carbocycles. The minimum Gasteiger partial charge on any atom is -0.489 e. The Hall–Kier alpha value is -3.19. The summed E-state index contributed by atoms with van der Waals surface area (Å²) in [5, 5.41) is 12.3. The predicted molar refractivity (Wildman–Crippen MR) is 97.4 cm³/mol. The van der Waals surface area contributed by atoms with E-state index in [1.165, 1.54) is 0 Å². The Morgan fingerprint density at radius 2 is 2.27 bits per heavy atom. The smallest absolute Gasteiger partial charge is 0.191 e. The number of carbonyl (C=O) groups is 1. The van der Waals surface area contributed by atoms with Gasteiger partial charge in [-0.2, -0.15) is 0 Å². The molecule has 2 aromatic rings. The molecule has 26 heavy (non-hydrogen) atoms. The summed E-state index contributed by atoms with van der Waals surface area (Å²) in [5.41, 5.74) is 2.20. The number of rotatable bonds is 5. The van der Waals surface area contributed by atoms with Crippen LogP contribution in [-0.2, 0) is 0 Å². The lowest BCUT2D eigenvalue weighted by molar-refractivity contribution is 0.104. The molecule has 132 valence electrons. The van der Waals surface area contributed by atoms with E-state index in [4.69, 9.17) is 9.84 Å². The van der Waals surface area contributed by atoms with Gasteiger partial charge in [0.2, 0.25) is 0 Å². The van der Waals surface area contributed by atoms with Crippen molar-refractivity contribution in [1.82, 2.24) is 9.88 Å². The van der Waals surface area contributed by atoms with Gasteiger partial charge < -0.3 is 20.1 Å². The summed E-state index contributed by atoms with van der Waals surface area (Å²) in [6.45, 7) is 1.49. The highest BCUT2D eigenvalue weighted by atomic mass is 16.5. The first kappa shape index (κ1) is 16.3. The molecular formula is C19H18N4O3. The van der Waals surface area contributed by atoms with Crippen LogP contribution < -0.4 is 10.1 Å². The van der Waals surface area contributed by atoms with E-state index in [9.17, 15) is 4.79 Å². The molecule has 0 fully saturated rings. The van der Waals surface area contributed by atoms with E-state index in [-0.39, 0.29) is 19.0 Å². The summed E-state index contributed by atoms with van der Waals surface area (Å²) in [4.78, 5) is 23.2. The second kappa shape index (κ2) is 6.97. The highest BCUT2D eigenvalue weighted by Gasteiger charge is 2.31. The Labute approximate surface area is 150 Å². The fourth-order valence-electron chi connectivity index (χ4n) is 3.06. The number of para-hydroxylation sites is 1. The summed E-state index contributed by atoms with van der Waals surface area (Å²) in [7, 11) is 0. The number of amidine groups is 1. The van der Waals surface area contributed by atoms with Gasteiger partial charge in [-0.25, -0.2) is 0 Å². The number of aromatic nitrogens is 1. The molecule has 7 nitrogen and oxygen atoms in total. The van der Waals surface area contributed by atoms with Crippen molar-refractivity contribution in [2.45, 2.75) is 0 Å². The van der Waals surface area contributed by atoms with Crippen molar-refractivity contribution in [3.05, 3.63) is 65.7 Å². The Morgan fingerprint density at radius 3 is 3.08 bits per heavy atom. The van der Waals surface area contributed by atoms with Crippen molar-refractivity contribution in [3.63, 3.8) is 0 Å². The number of pyridine rings is 1. The van der Waals surface area contributed by atoms with Crippen LogP contribution in [0.15, 0.2) is 59.6 Å². The van der Waals surface area contributed by atoms with Gasteiger partial charge >= 0.3 is 0 Å². The molecule has 2 aliphatic rings. The third-order valence-corrected chi connectivity index (χ3v) is 4.21. The number of hydrogen-bond donors (Lipinski definition) is 2. The zero-order chi connectivity index (χ0) is 17.9. The van der Waals surface area contributed by atoms with E-state index in [2.05, 4.69) is 15.3 Å². The minimum absolute atomic E-state index is 0.0705. The average Bonchev–Trinajstić information content (AvgIpc) is 3.17. The van der Waals surface area contributed by atoms with Crippen LogP contribution >= 0.6 is 0 Å². The van der Waals surface area contributed by atoms with Gasteiger partial charge in [-0.1, -0.05) is 6.07 Å². The number of aliphatic imine (C=N–C) groups is 1. The lowest BCUT2D eigenvalue weighted by Crippen LogP contribution is -2.36. The Bertz CT molecular complexity index is 893. The molecule has 3 heterocycles. The number of carbonyl (C=O) groups excluding carboxylic acids is 1. The number of benzene rings is 1. The Balaban J connectivity index is 1.72. The van der Waals surface area contributed by atoms with Crippen LogP contribution in [0.1, 0.15) is 15.9 Å². The van der Waals surface area contributed by atoms with Crippen LogP contribution in [0.3, 0.4) is 0 Å². The molecule has 0 spiro atoms. The maximum Gasteiger partial charge on any atom is 0.191 e. The molecule has 7 heteroatoms. The molecule has 0 radical (unpaired) electrons. The van der Waals surface area contributed by atoms with E-state index < -0.39 is 0 Å². The van der Waals surface area contributed by atoms with Gasteiger partial charge in [-0.05, 0) is 24.3 Å². The lowest BCUT2D eigenvalue weighted by Gasteiger charge is -2.32. The quantitative estimate of drug-likeness (QED) is 0.630. The normalized spacial score (nSPS) is 16.6. The SMILES string of the molecule is O=C(C=C1Nc2c(OCCO)cccc2C2=NCCN12)c1cccnc1. The zero-order valence-corrected chi connectivity index (χ0v) is 14.1. The van der Waals surface area contributed by atoms with Crippen LogP contribution in [0.2, 0.25) is 0 Å². The lowest BCUT2D eigenvalue weighted by atomic mass is 10.1. The number of hydrogen-bond acceptors (Lipinski definition) is 7. The molecule has 0 saturated heterocycles. The first-order valence-electron chi connectivity index (χ1n) is 8.40. The first-order valence-corrected chi connectivity index (χ1v) is 8.40. The average molecular weight is 350 g/mol. The van der Waals surface area contributed by atoms with Crippen LogP contribution in [0, 0.1) is 0 Å². The number of allylic oxidation sites excluding steroid dienone is 1. The van der Waals surface area contributed by atoms with Crippen molar-refractivity contribution in [2.75, 3.05) is 31.6 Å². The predicted octanol–water partition coefficient (Wildman–Crippen LogP) is 1.66. The molecule has 2 aliphatic heterocycles. The fraction of sp³-hybridized carbons (Fsp3) is 0.211. The molecular weight excluding hydrogens is 332 g/mol. The molecule has 0 saturated carbocycles. The standard InChI is InChI=1S/C19H18N4O3/c24-9-10-26-16-5-1-4-14-18(16)22-17(23-8-7-21-19(14)23)11-15(25)13-3-2-6-20-12-13/h1-6,11-12,22,24H,7-10H2. The number of ketones is 1. The summed E-state index contributed by atoms with van der Waals surface area (Å²) >= 11 is 0. The topological polar surface area (TPSA) is 87.0 Å². The van der Waals surface area contributed by atoms with E-state index in [1.54, 1.807) is 30.6 Å². The van der Waals surface area contributed by atoms with Crippen LogP contribution in [0.25, 0.3) is 0 Å². The summed E-state index contributed by atoms with van der Waals surface area (Å²) in [6, 6.07) is 9.15. The van der Waals surface area contributed by atoms with Gasteiger partial charge in [0.05, 0.1) is 18.8 Å². The van der Waals surface area contributed by atoms with Crippen molar-refractivity contribution >= 4 is 17.3 Å². The molecule has 0 unspecified atom stereocenters. The molecule has 0 bridgehead atoms. The van der Waals surface area contributed by atoms with E-state index >= 15 is 0 Å². The van der Waals surface area contributed by atoms with Crippen LogP contribution in [0.4, 0.5) is 5.69 Å². The number of nitrogens with zero attached hydrogens (tertiary/aromatic N) is 3. The minimum atomic E-state index is -0.135. The van der Waals surface area contributed by atoms with Gasteiger partial charge in [0.15, 0.2) is 5.78 Å². The molecule has 0 aliphatic carbocycles. The van der Waals surface area contributed by atoms with Crippen molar-refractivity contribution < 1.29 is 14.6 Å². The second-order valence-electron chi connectivity index (χ2n) is 5.87. The van der Waals surface area contributed by atoms with Gasteiger partial charge in [0.1, 0.15) is 24.0 Å². The zero-order valence-electron chi connectivity index (χ0n) is 14.1. The van der Waals surface area contributed by atoms with Gasteiger partial charge in [-0.3, -0.25) is 14.8 Å². The number of nitrogens with one attached hydrogen (secondary N) is 1. The molecule has 2 N–H and O–H groups in total. The molecule has 4 rings (SSSR count). The van der Waals surface area contributed by atoms with E-state index in [0.29, 0.717) is 30.2 Å². The number of anilines is 1. The summed E-state index contributed by atoms with van der Waals surface area (Å²) in [5.74, 6) is 1.95. The third kappa shape index (κ3) is 2.93. The van der Waals surface area contributed by atoms with E-state index in [1.807, 2.05) is 23.1 Å². The largest absolute Gasteiger partial charge is 0.489 e.